The molecule has 4 rings (SSSR count). The molecule has 0 saturated heterocycles. The molecule has 2 unspecified atom stereocenters. The van der Waals surface area contributed by atoms with Gasteiger partial charge in [-0.2, -0.15) is 0 Å². The molecule has 2 fully saturated rings. The smallest absolute Gasteiger partial charge is 0.269 e. The molecule has 2 atom stereocenters. The fourth-order valence-corrected chi connectivity index (χ4v) is 5.52. The van der Waals surface area contributed by atoms with Gasteiger partial charge in [-0.25, -0.2) is 0 Å². The van der Waals surface area contributed by atoms with Crippen molar-refractivity contribution >= 4 is 5.69 Å². The van der Waals surface area contributed by atoms with Gasteiger partial charge in [-0.3, -0.25) is 10.1 Å². The average molecular weight is 365 g/mol. The summed E-state index contributed by atoms with van der Waals surface area (Å²) in [5, 5.41) is 10.7. The van der Waals surface area contributed by atoms with Crippen molar-refractivity contribution in [2.45, 2.75) is 51.4 Å². The number of ether oxygens (including phenoxy) is 1. The van der Waals surface area contributed by atoms with E-state index in [2.05, 4.69) is 26.0 Å². The highest BCUT2D eigenvalue weighted by molar-refractivity contribution is 5.40. The Morgan fingerprint density at radius 1 is 0.926 bits per heavy atom. The maximum atomic E-state index is 10.7. The molecular weight excluding hydrogens is 338 g/mol. The highest BCUT2D eigenvalue weighted by Gasteiger charge is 2.41. The van der Waals surface area contributed by atoms with Crippen LogP contribution in [0, 0.1) is 27.9 Å². The van der Waals surface area contributed by atoms with Crippen LogP contribution in [0.4, 0.5) is 5.69 Å². The van der Waals surface area contributed by atoms with Gasteiger partial charge < -0.3 is 4.74 Å². The first kappa shape index (κ1) is 18.0. The predicted molar refractivity (Wildman–Crippen MR) is 106 cm³/mol. The summed E-state index contributed by atoms with van der Waals surface area (Å²) in [6.07, 6.45) is 6.76. The van der Waals surface area contributed by atoms with Crippen LogP contribution in [-0.4, -0.2) is 4.92 Å². The number of hydrogen-bond donors (Lipinski definition) is 0. The molecule has 0 aliphatic heterocycles. The van der Waals surface area contributed by atoms with Gasteiger partial charge in [0, 0.05) is 12.1 Å². The van der Waals surface area contributed by atoms with Crippen molar-refractivity contribution in [3.05, 3.63) is 64.2 Å². The minimum Gasteiger partial charge on any atom is -0.457 e. The summed E-state index contributed by atoms with van der Waals surface area (Å²) in [5.74, 6) is 4.00. The van der Waals surface area contributed by atoms with Gasteiger partial charge >= 0.3 is 0 Å². The SMILES string of the molecule is CC1CC2CC(C1)CC(C)(c1ccc(Oc3ccc([N+](=O)[O-])cc3)cc1)C2. The number of rotatable bonds is 4. The maximum absolute atomic E-state index is 10.7. The van der Waals surface area contributed by atoms with Gasteiger partial charge in [0.15, 0.2) is 0 Å². The zero-order chi connectivity index (χ0) is 19.0. The van der Waals surface area contributed by atoms with Gasteiger partial charge in [-0.15, -0.1) is 0 Å². The number of fused-ring (bicyclic) bond motifs is 2. The Kier molecular flexibility index (Phi) is 4.67. The molecule has 0 aromatic heterocycles. The number of nitrogens with zero attached hydrogens (tertiary/aromatic N) is 1. The quantitative estimate of drug-likeness (QED) is 0.459. The lowest BCUT2D eigenvalue weighted by molar-refractivity contribution is -0.384. The van der Waals surface area contributed by atoms with Crippen LogP contribution in [0.15, 0.2) is 48.5 Å². The largest absolute Gasteiger partial charge is 0.457 e. The van der Waals surface area contributed by atoms with Gasteiger partial charge in [0.25, 0.3) is 5.69 Å². The molecule has 2 saturated carbocycles. The minimum atomic E-state index is -0.403. The second-order valence-corrected chi connectivity index (χ2v) is 8.89. The zero-order valence-electron chi connectivity index (χ0n) is 16.1. The number of hydrogen-bond acceptors (Lipinski definition) is 3. The Labute approximate surface area is 160 Å². The second-order valence-electron chi connectivity index (χ2n) is 8.89. The van der Waals surface area contributed by atoms with E-state index in [4.69, 9.17) is 4.74 Å². The molecule has 2 aliphatic rings. The molecular formula is C23H27NO3. The van der Waals surface area contributed by atoms with Gasteiger partial charge in [0.2, 0.25) is 0 Å². The third kappa shape index (κ3) is 3.85. The molecule has 2 aromatic rings. The summed E-state index contributed by atoms with van der Waals surface area (Å²) < 4.78 is 5.85. The number of nitro groups is 1. The molecule has 2 aliphatic carbocycles. The van der Waals surface area contributed by atoms with Crippen molar-refractivity contribution in [2.75, 3.05) is 0 Å². The van der Waals surface area contributed by atoms with Gasteiger partial charge in [-0.05, 0) is 85.1 Å². The van der Waals surface area contributed by atoms with E-state index in [1.807, 2.05) is 12.1 Å². The fourth-order valence-electron chi connectivity index (χ4n) is 5.52. The number of benzene rings is 2. The fraction of sp³-hybridized carbons (Fsp3) is 0.478. The van der Waals surface area contributed by atoms with Crippen molar-refractivity contribution < 1.29 is 9.66 Å². The molecule has 4 heteroatoms. The van der Waals surface area contributed by atoms with E-state index in [0.717, 1.165) is 23.5 Å². The topological polar surface area (TPSA) is 52.4 Å². The van der Waals surface area contributed by atoms with Crippen LogP contribution in [-0.2, 0) is 5.41 Å². The Bertz CT molecular complexity index is 795. The van der Waals surface area contributed by atoms with E-state index < -0.39 is 4.92 Å². The van der Waals surface area contributed by atoms with E-state index in [0.29, 0.717) is 5.75 Å². The molecule has 4 nitrogen and oxygen atoms in total. The highest BCUT2D eigenvalue weighted by Crippen LogP contribution is 2.51. The van der Waals surface area contributed by atoms with E-state index in [9.17, 15) is 10.1 Å². The van der Waals surface area contributed by atoms with E-state index in [1.54, 1.807) is 12.1 Å². The minimum absolute atomic E-state index is 0.0720. The lowest BCUT2D eigenvalue weighted by atomic mass is 9.58. The van der Waals surface area contributed by atoms with Crippen molar-refractivity contribution in [3.63, 3.8) is 0 Å². The van der Waals surface area contributed by atoms with Crippen molar-refractivity contribution in [3.8, 4) is 11.5 Å². The maximum Gasteiger partial charge on any atom is 0.269 e. The van der Waals surface area contributed by atoms with E-state index in [-0.39, 0.29) is 11.1 Å². The molecule has 142 valence electrons. The Hall–Kier alpha value is -2.36. The molecule has 0 heterocycles. The lowest BCUT2D eigenvalue weighted by Crippen LogP contribution is -2.38. The van der Waals surface area contributed by atoms with Gasteiger partial charge in [-0.1, -0.05) is 26.0 Å². The van der Waals surface area contributed by atoms with Crippen LogP contribution in [0.25, 0.3) is 0 Å². The summed E-state index contributed by atoms with van der Waals surface area (Å²) in [4.78, 5) is 10.3. The van der Waals surface area contributed by atoms with Crippen molar-refractivity contribution in [2.24, 2.45) is 17.8 Å². The summed E-state index contributed by atoms with van der Waals surface area (Å²) in [6.45, 7) is 4.83. The first-order chi connectivity index (χ1) is 12.9. The number of nitro benzene ring substituents is 1. The van der Waals surface area contributed by atoms with Crippen LogP contribution in [0.5, 0.6) is 11.5 Å². The zero-order valence-corrected chi connectivity index (χ0v) is 16.1. The lowest BCUT2D eigenvalue weighted by Gasteiger charge is -2.47. The van der Waals surface area contributed by atoms with Gasteiger partial charge in [0.05, 0.1) is 4.92 Å². The van der Waals surface area contributed by atoms with E-state index >= 15 is 0 Å². The summed E-state index contributed by atoms with van der Waals surface area (Å²) >= 11 is 0. The Morgan fingerprint density at radius 2 is 1.44 bits per heavy atom. The van der Waals surface area contributed by atoms with Gasteiger partial charge in [0.1, 0.15) is 11.5 Å². The van der Waals surface area contributed by atoms with Crippen LogP contribution >= 0.6 is 0 Å². The molecule has 2 bridgehead atoms. The van der Waals surface area contributed by atoms with Crippen LogP contribution in [0.2, 0.25) is 0 Å². The molecule has 0 N–H and O–H groups in total. The predicted octanol–water partition coefficient (Wildman–Crippen LogP) is 6.49. The van der Waals surface area contributed by atoms with Crippen molar-refractivity contribution in [1.82, 2.24) is 0 Å². The number of non-ortho nitro benzene ring substituents is 1. The normalized spacial score (nSPS) is 29.9. The molecule has 27 heavy (non-hydrogen) atoms. The monoisotopic (exact) mass is 365 g/mol. The van der Waals surface area contributed by atoms with Crippen LogP contribution in [0.1, 0.15) is 51.5 Å². The standard InChI is InChI=1S/C23H27NO3/c1-16-11-17-13-18(12-16)15-23(2,14-17)19-3-7-21(8-4-19)27-22-9-5-20(6-10-22)24(25)26/h3-10,16-18H,11-15H2,1-2H3. The van der Waals surface area contributed by atoms with Crippen LogP contribution < -0.4 is 4.74 Å². The van der Waals surface area contributed by atoms with Crippen LogP contribution in [0.3, 0.4) is 0 Å². The summed E-state index contributed by atoms with van der Waals surface area (Å²) in [5.41, 5.74) is 1.74. The first-order valence-electron chi connectivity index (χ1n) is 9.94. The second kappa shape index (κ2) is 6.99. The summed E-state index contributed by atoms with van der Waals surface area (Å²) in [7, 11) is 0. The van der Waals surface area contributed by atoms with Crippen molar-refractivity contribution in [1.29, 1.82) is 0 Å². The molecule has 0 amide bonds. The van der Waals surface area contributed by atoms with E-state index in [1.165, 1.54) is 49.8 Å². The molecule has 2 aromatic carbocycles. The molecule has 0 radical (unpaired) electrons. The third-order valence-corrected chi connectivity index (χ3v) is 6.45. The Balaban J connectivity index is 1.46. The summed E-state index contributed by atoms with van der Waals surface area (Å²) in [6, 6.07) is 14.6. The molecule has 0 spiro atoms. The first-order valence-corrected chi connectivity index (χ1v) is 9.94. The highest BCUT2D eigenvalue weighted by atomic mass is 16.6. The Morgan fingerprint density at radius 3 is 1.96 bits per heavy atom. The average Bonchev–Trinajstić information content (AvgIpc) is 2.61. The third-order valence-electron chi connectivity index (χ3n) is 6.45.